The molecule has 0 unspecified atom stereocenters. The molecule has 3 amide bonds. The molecule has 1 aromatic heterocycles. The number of carbonyl (C=O) groups is 2. The summed E-state index contributed by atoms with van der Waals surface area (Å²) in [6.07, 6.45) is 3.34. The molecule has 2 saturated heterocycles. The first kappa shape index (κ1) is 20.9. The molecule has 3 heterocycles. The molecule has 0 aliphatic carbocycles. The van der Waals surface area contributed by atoms with Gasteiger partial charge in [-0.05, 0) is 50.6 Å². The lowest BCUT2D eigenvalue weighted by molar-refractivity contribution is 0.0734. The molecular formula is C21H24FN5O4. The minimum Gasteiger partial charge on any atom is -0.465 e. The number of pyridine rings is 1. The Balaban J connectivity index is 1.33. The van der Waals surface area contributed by atoms with E-state index < -0.39 is 11.9 Å². The fourth-order valence-corrected chi connectivity index (χ4v) is 3.78. The summed E-state index contributed by atoms with van der Waals surface area (Å²) in [4.78, 5) is 31.6. The fraction of sp³-hybridized carbons (Fsp3) is 0.381. The number of hydrogen-bond donors (Lipinski definition) is 3. The third kappa shape index (κ3) is 5.21. The molecule has 4 rings (SSSR count). The Morgan fingerprint density at radius 1 is 1.06 bits per heavy atom. The van der Waals surface area contributed by atoms with Gasteiger partial charge in [0, 0.05) is 37.5 Å². The summed E-state index contributed by atoms with van der Waals surface area (Å²) >= 11 is 0. The second-order valence-corrected chi connectivity index (χ2v) is 7.59. The minimum absolute atomic E-state index is 0.166. The van der Waals surface area contributed by atoms with Crippen LogP contribution in [-0.4, -0.2) is 64.2 Å². The number of benzene rings is 1. The second kappa shape index (κ2) is 9.17. The number of piperidine rings is 1. The van der Waals surface area contributed by atoms with E-state index in [0.717, 1.165) is 32.0 Å². The standard InChI is InChI=1S/C21H24FN5O4/c22-17-12-15(2-3-18(17)24-21(29)30)31-16-4-7-23-19(13-16)25-20(28)27-10-5-14(6-11-27)26-8-1-9-26/h2-4,7,12-14,24H,1,5-6,8-11H2,(H,29,30)(H,23,25,28). The van der Waals surface area contributed by atoms with Crippen LogP contribution in [0.15, 0.2) is 36.5 Å². The third-order valence-corrected chi connectivity index (χ3v) is 5.54. The van der Waals surface area contributed by atoms with Crippen molar-refractivity contribution < 1.29 is 23.8 Å². The number of aromatic nitrogens is 1. The number of carbonyl (C=O) groups excluding carboxylic acids is 1. The first-order valence-corrected chi connectivity index (χ1v) is 10.2. The highest BCUT2D eigenvalue weighted by atomic mass is 19.1. The predicted molar refractivity (Wildman–Crippen MR) is 112 cm³/mol. The van der Waals surface area contributed by atoms with Gasteiger partial charge in [0.15, 0.2) is 5.82 Å². The van der Waals surface area contributed by atoms with Crippen LogP contribution >= 0.6 is 0 Å². The van der Waals surface area contributed by atoms with Gasteiger partial charge in [0.1, 0.15) is 17.3 Å². The Labute approximate surface area is 178 Å². The van der Waals surface area contributed by atoms with E-state index in [9.17, 15) is 14.0 Å². The molecule has 3 N–H and O–H groups in total. The van der Waals surface area contributed by atoms with Crippen molar-refractivity contribution >= 4 is 23.6 Å². The zero-order valence-corrected chi connectivity index (χ0v) is 16.9. The molecule has 2 fully saturated rings. The van der Waals surface area contributed by atoms with Crippen LogP contribution in [0.5, 0.6) is 11.5 Å². The summed E-state index contributed by atoms with van der Waals surface area (Å²) in [6, 6.07) is 7.28. The number of ether oxygens (including phenoxy) is 1. The van der Waals surface area contributed by atoms with Crippen molar-refractivity contribution in [3.8, 4) is 11.5 Å². The van der Waals surface area contributed by atoms with E-state index in [4.69, 9.17) is 9.84 Å². The molecule has 9 nitrogen and oxygen atoms in total. The average molecular weight is 429 g/mol. The number of anilines is 2. The molecule has 0 bridgehead atoms. The van der Waals surface area contributed by atoms with Crippen molar-refractivity contribution in [1.82, 2.24) is 14.8 Å². The first-order valence-electron chi connectivity index (χ1n) is 10.2. The van der Waals surface area contributed by atoms with Crippen LogP contribution in [0, 0.1) is 5.82 Å². The summed E-state index contributed by atoms with van der Waals surface area (Å²) in [5.41, 5.74) is -0.166. The maximum absolute atomic E-state index is 14.0. The molecule has 164 valence electrons. The molecule has 31 heavy (non-hydrogen) atoms. The van der Waals surface area contributed by atoms with Crippen molar-refractivity contribution in [2.45, 2.75) is 25.3 Å². The maximum Gasteiger partial charge on any atom is 0.409 e. The van der Waals surface area contributed by atoms with Crippen molar-refractivity contribution in [3.63, 3.8) is 0 Å². The molecule has 0 spiro atoms. The number of amides is 3. The molecule has 10 heteroatoms. The van der Waals surface area contributed by atoms with Gasteiger partial charge in [-0.15, -0.1) is 0 Å². The smallest absolute Gasteiger partial charge is 0.409 e. The van der Waals surface area contributed by atoms with Crippen molar-refractivity contribution in [3.05, 3.63) is 42.3 Å². The summed E-state index contributed by atoms with van der Waals surface area (Å²) < 4.78 is 19.6. The largest absolute Gasteiger partial charge is 0.465 e. The van der Waals surface area contributed by atoms with Gasteiger partial charge in [-0.1, -0.05) is 0 Å². The van der Waals surface area contributed by atoms with E-state index >= 15 is 0 Å². The predicted octanol–water partition coefficient (Wildman–Crippen LogP) is 3.80. The molecule has 2 aromatic rings. The molecular weight excluding hydrogens is 405 g/mol. The van der Waals surface area contributed by atoms with Crippen molar-refractivity contribution in [2.24, 2.45) is 0 Å². The zero-order chi connectivity index (χ0) is 21.8. The van der Waals surface area contributed by atoms with Gasteiger partial charge in [-0.25, -0.2) is 19.0 Å². The van der Waals surface area contributed by atoms with E-state index in [2.05, 4.69) is 15.2 Å². The zero-order valence-electron chi connectivity index (χ0n) is 16.9. The number of nitrogens with zero attached hydrogens (tertiary/aromatic N) is 3. The van der Waals surface area contributed by atoms with Crippen molar-refractivity contribution in [1.29, 1.82) is 0 Å². The number of carboxylic acid groups (broad SMARTS) is 1. The number of urea groups is 1. The molecule has 0 atom stereocenters. The summed E-state index contributed by atoms with van der Waals surface area (Å²) in [7, 11) is 0. The average Bonchev–Trinajstić information content (AvgIpc) is 2.69. The SMILES string of the molecule is O=C(O)Nc1ccc(Oc2ccnc(NC(=O)N3CCC(N4CCC4)CC3)c2)cc1F. The summed E-state index contributed by atoms with van der Waals surface area (Å²) in [6.45, 7) is 3.74. The topological polar surface area (TPSA) is 107 Å². The van der Waals surface area contributed by atoms with E-state index in [1.54, 1.807) is 17.0 Å². The Bertz CT molecular complexity index is 961. The molecule has 1 aromatic carbocycles. The Hall–Kier alpha value is -3.40. The van der Waals surface area contributed by atoms with Crippen LogP contribution in [0.3, 0.4) is 0 Å². The summed E-state index contributed by atoms with van der Waals surface area (Å²) in [5, 5.41) is 13.4. The molecule has 0 saturated carbocycles. The van der Waals surface area contributed by atoms with Crippen LogP contribution in [-0.2, 0) is 0 Å². The lowest BCUT2D eigenvalue weighted by atomic mass is 10.00. The van der Waals surface area contributed by atoms with Crippen LogP contribution in [0.1, 0.15) is 19.3 Å². The summed E-state index contributed by atoms with van der Waals surface area (Å²) in [5.74, 6) is 0.117. The minimum atomic E-state index is -1.35. The van der Waals surface area contributed by atoms with E-state index in [-0.39, 0.29) is 17.5 Å². The number of nitrogens with one attached hydrogen (secondary N) is 2. The maximum atomic E-state index is 14.0. The highest BCUT2D eigenvalue weighted by Gasteiger charge is 2.29. The number of rotatable bonds is 5. The van der Waals surface area contributed by atoms with Gasteiger partial charge in [-0.2, -0.15) is 0 Å². The quantitative estimate of drug-likeness (QED) is 0.667. The Morgan fingerprint density at radius 2 is 1.81 bits per heavy atom. The Morgan fingerprint density at radius 3 is 2.45 bits per heavy atom. The van der Waals surface area contributed by atoms with Crippen LogP contribution < -0.4 is 15.4 Å². The third-order valence-electron chi connectivity index (χ3n) is 5.54. The van der Waals surface area contributed by atoms with E-state index in [1.165, 1.54) is 24.8 Å². The molecule has 2 aliphatic heterocycles. The lowest BCUT2D eigenvalue weighted by Crippen LogP contribution is -2.51. The first-order chi connectivity index (χ1) is 15.0. The van der Waals surface area contributed by atoms with Crippen LogP contribution in [0.25, 0.3) is 0 Å². The van der Waals surface area contributed by atoms with E-state index in [0.29, 0.717) is 30.7 Å². The van der Waals surface area contributed by atoms with Gasteiger partial charge >= 0.3 is 12.1 Å². The number of halogens is 1. The normalized spacial score (nSPS) is 17.0. The second-order valence-electron chi connectivity index (χ2n) is 7.59. The van der Waals surface area contributed by atoms with E-state index in [1.807, 2.05) is 5.32 Å². The number of likely N-dealkylation sites (tertiary alicyclic amines) is 2. The lowest BCUT2D eigenvalue weighted by Gasteiger charge is -2.42. The highest BCUT2D eigenvalue weighted by molar-refractivity contribution is 5.88. The fourth-order valence-electron chi connectivity index (χ4n) is 3.78. The Kier molecular flexibility index (Phi) is 6.17. The molecule has 2 aliphatic rings. The van der Waals surface area contributed by atoms with Crippen molar-refractivity contribution in [2.75, 3.05) is 36.8 Å². The van der Waals surface area contributed by atoms with Crippen LogP contribution in [0.4, 0.5) is 25.5 Å². The van der Waals surface area contributed by atoms with Crippen LogP contribution in [0.2, 0.25) is 0 Å². The monoisotopic (exact) mass is 429 g/mol. The highest BCUT2D eigenvalue weighted by Crippen LogP contribution is 2.27. The van der Waals surface area contributed by atoms with Gasteiger partial charge in [-0.3, -0.25) is 10.6 Å². The van der Waals surface area contributed by atoms with Gasteiger partial charge in [0.25, 0.3) is 0 Å². The van der Waals surface area contributed by atoms with Gasteiger partial charge in [0.2, 0.25) is 0 Å². The number of hydrogen-bond acceptors (Lipinski definition) is 5. The van der Waals surface area contributed by atoms with Gasteiger partial charge < -0.3 is 19.6 Å². The molecule has 0 radical (unpaired) electrons. The van der Waals surface area contributed by atoms with Gasteiger partial charge in [0.05, 0.1) is 5.69 Å².